The smallest absolute Gasteiger partial charge is 0.0864 e. The van der Waals surface area contributed by atoms with Crippen molar-refractivity contribution in [3.05, 3.63) is 28.8 Å². The van der Waals surface area contributed by atoms with Crippen LogP contribution >= 0.6 is 23.4 Å². The lowest BCUT2D eigenvalue weighted by Crippen LogP contribution is -2.18. The van der Waals surface area contributed by atoms with E-state index in [2.05, 4.69) is 19.2 Å². The average molecular weight is 290 g/mol. The molecule has 0 saturated carbocycles. The topological polar surface area (TPSA) is 52.5 Å². The molecule has 0 saturated heterocycles. The molecule has 2 unspecified atom stereocenters. The van der Waals surface area contributed by atoms with Crippen molar-refractivity contribution in [2.45, 2.75) is 30.9 Å². The summed E-state index contributed by atoms with van der Waals surface area (Å²) >= 11 is 7.73. The van der Waals surface area contributed by atoms with Gasteiger partial charge in [0.15, 0.2) is 0 Å². The van der Waals surface area contributed by atoms with E-state index in [1.165, 1.54) is 11.8 Å². The number of hydrogen-bond acceptors (Lipinski definition) is 4. The van der Waals surface area contributed by atoms with Gasteiger partial charge in [-0.15, -0.1) is 11.8 Å². The van der Waals surface area contributed by atoms with E-state index in [0.29, 0.717) is 5.75 Å². The molecule has 0 aliphatic carbocycles. The van der Waals surface area contributed by atoms with E-state index in [0.717, 1.165) is 22.0 Å². The van der Waals surface area contributed by atoms with Gasteiger partial charge in [-0.05, 0) is 31.2 Å². The van der Waals surface area contributed by atoms with Crippen LogP contribution < -0.4 is 5.32 Å². The molecule has 102 valence electrons. The van der Waals surface area contributed by atoms with Crippen LogP contribution in [-0.4, -0.2) is 35.2 Å². The minimum absolute atomic E-state index is 0.212. The number of halogens is 1. The van der Waals surface area contributed by atoms with Gasteiger partial charge in [0.1, 0.15) is 0 Å². The molecule has 0 spiro atoms. The molecular formula is C13H20ClNO2S. The molecule has 18 heavy (non-hydrogen) atoms. The van der Waals surface area contributed by atoms with Crippen molar-refractivity contribution in [2.75, 3.05) is 18.9 Å². The summed E-state index contributed by atoms with van der Waals surface area (Å²) in [5.74, 6) is 0.467. The summed E-state index contributed by atoms with van der Waals surface area (Å²) < 4.78 is 0. The molecule has 0 amide bonds. The third-order valence-electron chi connectivity index (χ3n) is 2.60. The van der Waals surface area contributed by atoms with Gasteiger partial charge in [-0.25, -0.2) is 0 Å². The Morgan fingerprint density at radius 1 is 1.44 bits per heavy atom. The standard InChI is InChI=1S/C13H20ClNO2S/c1-3-15-9(2)12-5-4-11(6-13(12)14)18-8-10(17)7-16/h4-6,9-10,15-17H,3,7-8H2,1-2H3. The Balaban J connectivity index is 2.67. The van der Waals surface area contributed by atoms with Crippen LogP contribution in [-0.2, 0) is 0 Å². The van der Waals surface area contributed by atoms with E-state index >= 15 is 0 Å². The summed E-state index contributed by atoms with van der Waals surface area (Å²) in [5, 5.41) is 22.1. The molecule has 3 N–H and O–H groups in total. The second-order valence-corrected chi connectivity index (χ2v) is 5.61. The van der Waals surface area contributed by atoms with E-state index in [4.69, 9.17) is 16.7 Å². The Morgan fingerprint density at radius 3 is 2.72 bits per heavy atom. The van der Waals surface area contributed by atoms with Gasteiger partial charge in [-0.1, -0.05) is 24.6 Å². The fourth-order valence-electron chi connectivity index (χ4n) is 1.61. The van der Waals surface area contributed by atoms with Gasteiger partial charge in [-0.3, -0.25) is 0 Å². The quantitative estimate of drug-likeness (QED) is 0.675. The zero-order valence-corrected chi connectivity index (χ0v) is 12.3. The highest BCUT2D eigenvalue weighted by Gasteiger charge is 2.10. The van der Waals surface area contributed by atoms with Gasteiger partial charge in [-0.2, -0.15) is 0 Å². The lowest BCUT2D eigenvalue weighted by Gasteiger charge is -2.15. The largest absolute Gasteiger partial charge is 0.394 e. The molecule has 1 aromatic rings. The molecule has 0 aliphatic heterocycles. The predicted molar refractivity (Wildman–Crippen MR) is 77.4 cm³/mol. The Kier molecular flexibility index (Phi) is 7.04. The molecule has 2 atom stereocenters. The van der Waals surface area contributed by atoms with Gasteiger partial charge in [0, 0.05) is 21.7 Å². The normalized spacial score (nSPS) is 14.5. The first-order chi connectivity index (χ1) is 8.58. The highest BCUT2D eigenvalue weighted by molar-refractivity contribution is 7.99. The average Bonchev–Trinajstić information content (AvgIpc) is 2.36. The van der Waals surface area contributed by atoms with Crippen molar-refractivity contribution in [3.63, 3.8) is 0 Å². The molecule has 0 fully saturated rings. The van der Waals surface area contributed by atoms with Crippen LogP contribution in [0.25, 0.3) is 0 Å². The predicted octanol–water partition coefficient (Wildman–Crippen LogP) is 2.46. The number of aliphatic hydroxyl groups excluding tert-OH is 2. The first-order valence-electron chi connectivity index (χ1n) is 6.03. The minimum Gasteiger partial charge on any atom is -0.394 e. The molecule has 0 aliphatic rings. The number of aliphatic hydroxyl groups is 2. The van der Waals surface area contributed by atoms with Crippen LogP contribution in [0.5, 0.6) is 0 Å². The van der Waals surface area contributed by atoms with Crippen molar-refractivity contribution in [2.24, 2.45) is 0 Å². The zero-order chi connectivity index (χ0) is 13.5. The van der Waals surface area contributed by atoms with E-state index in [1.54, 1.807) is 0 Å². The molecule has 5 heteroatoms. The fourth-order valence-corrected chi connectivity index (χ4v) is 2.87. The van der Waals surface area contributed by atoms with E-state index in [9.17, 15) is 5.11 Å². The number of rotatable bonds is 7. The molecule has 0 heterocycles. The first-order valence-corrected chi connectivity index (χ1v) is 7.39. The molecular weight excluding hydrogens is 270 g/mol. The van der Waals surface area contributed by atoms with Crippen LogP contribution in [0.4, 0.5) is 0 Å². The van der Waals surface area contributed by atoms with Crippen LogP contribution in [0.15, 0.2) is 23.1 Å². The molecule has 0 aromatic heterocycles. The van der Waals surface area contributed by atoms with Gasteiger partial charge >= 0.3 is 0 Å². The Hall–Kier alpha value is -0.260. The SMILES string of the molecule is CCNC(C)c1ccc(SCC(O)CO)cc1Cl. The maximum absolute atomic E-state index is 9.29. The van der Waals surface area contributed by atoms with Crippen molar-refractivity contribution in [1.82, 2.24) is 5.32 Å². The summed E-state index contributed by atoms with van der Waals surface area (Å²) in [5.41, 5.74) is 1.07. The summed E-state index contributed by atoms with van der Waals surface area (Å²) in [6.07, 6.45) is -0.686. The minimum atomic E-state index is -0.686. The van der Waals surface area contributed by atoms with Gasteiger partial charge < -0.3 is 15.5 Å². The third kappa shape index (κ3) is 4.78. The van der Waals surface area contributed by atoms with Crippen LogP contribution in [0.1, 0.15) is 25.5 Å². The maximum atomic E-state index is 9.29. The Labute approximate surface area is 118 Å². The van der Waals surface area contributed by atoms with Crippen LogP contribution in [0.2, 0.25) is 5.02 Å². The lowest BCUT2D eigenvalue weighted by atomic mass is 10.1. The zero-order valence-electron chi connectivity index (χ0n) is 10.7. The summed E-state index contributed by atoms with van der Waals surface area (Å²) in [7, 11) is 0. The first kappa shape index (κ1) is 15.8. The van der Waals surface area contributed by atoms with Gasteiger partial charge in [0.05, 0.1) is 12.7 Å². The lowest BCUT2D eigenvalue weighted by molar-refractivity contribution is 0.113. The number of nitrogens with one attached hydrogen (secondary N) is 1. The van der Waals surface area contributed by atoms with Crippen molar-refractivity contribution >= 4 is 23.4 Å². The van der Waals surface area contributed by atoms with Gasteiger partial charge in [0.2, 0.25) is 0 Å². The second kappa shape index (κ2) is 8.02. The Bertz CT molecular complexity index is 376. The third-order valence-corrected chi connectivity index (χ3v) is 4.07. The number of thioether (sulfide) groups is 1. The number of hydrogen-bond donors (Lipinski definition) is 3. The molecule has 3 nitrogen and oxygen atoms in total. The molecule has 0 radical (unpaired) electrons. The second-order valence-electron chi connectivity index (χ2n) is 4.11. The van der Waals surface area contributed by atoms with Crippen molar-refractivity contribution in [3.8, 4) is 0 Å². The molecule has 0 bridgehead atoms. The number of benzene rings is 1. The molecule has 1 aromatic carbocycles. The summed E-state index contributed by atoms with van der Waals surface area (Å²) in [6.45, 7) is 4.82. The van der Waals surface area contributed by atoms with E-state index < -0.39 is 6.10 Å². The van der Waals surface area contributed by atoms with Gasteiger partial charge in [0.25, 0.3) is 0 Å². The Morgan fingerprint density at radius 2 is 2.17 bits per heavy atom. The van der Waals surface area contributed by atoms with Crippen LogP contribution in [0.3, 0.4) is 0 Å². The van der Waals surface area contributed by atoms with Crippen LogP contribution in [0, 0.1) is 0 Å². The maximum Gasteiger partial charge on any atom is 0.0864 e. The van der Waals surface area contributed by atoms with E-state index in [1.807, 2.05) is 18.2 Å². The highest BCUT2D eigenvalue weighted by Crippen LogP contribution is 2.28. The van der Waals surface area contributed by atoms with Crippen molar-refractivity contribution in [1.29, 1.82) is 0 Å². The summed E-state index contributed by atoms with van der Waals surface area (Å²) in [4.78, 5) is 1.000. The monoisotopic (exact) mass is 289 g/mol. The fraction of sp³-hybridized carbons (Fsp3) is 0.538. The van der Waals surface area contributed by atoms with E-state index in [-0.39, 0.29) is 12.6 Å². The van der Waals surface area contributed by atoms with Crippen molar-refractivity contribution < 1.29 is 10.2 Å². The summed E-state index contributed by atoms with van der Waals surface area (Å²) in [6, 6.07) is 6.12. The highest BCUT2D eigenvalue weighted by atomic mass is 35.5. The molecule has 1 rings (SSSR count).